The maximum atomic E-state index is 12.0. The number of carboxylic acid groups (broad SMARTS) is 1. The Balaban J connectivity index is 4.62. The lowest BCUT2D eigenvalue weighted by molar-refractivity contribution is -0.142. The van der Waals surface area contributed by atoms with E-state index in [1.807, 2.05) is 6.92 Å². The number of urea groups is 1. The summed E-state index contributed by atoms with van der Waals surface area (Å²) in [6, 6.07) is -1.17. The van der Waals surface area contributed by atoms with Crippen molar-refractivity contribution in [2.45, 2.75) is 53.5 Å². The van der Waals surface area contributed by atoms with E-state index in [4.69, 9.17) is 5.11 Å². The van der Waals surface area contributed by atoms with Crippen molar-refractivity contribution in [1.82, 2.24) is 10.2 Å². The van der Waals surface area contributed by atoms with E-state index in [0.29, 0.717) is 13.1 Å². The molecule has 0 aliphatic carbocycles. The average molecular weight is 258 g/mol. The minimum Gasteiger partial charge on any atom is -0.480 e. The summed E-state index contributed by atoms with van der Waals surface area (Å²) in [5.74, 6) is -0.998. The van der Waals surface area contributed by atoms with E-state index >= 15 is 0 Å². The van der Waals surface area contributed by atoms with Gasteiger partial charge in [0.1, 0.15) is 6.04 Å². The second kappa shape index (κ2) is 7.24. The Kier molecular flexibility index (Phi) is 6.73. The number of carbonyl (C=O) groups excluding carboxylic acids is 1. The molecule has 0 aliphatic heterocycles. The van der Waals surface area contributed by atoms with Crippen LogP contribution in [0.4, 0.5) is 4.79 Å². The molecule has 5 heteroatoms. The first-order chi connectivity index (χ1) is 8.23. The van der Waals surface area contributed by atoms with Crippen LogP contribution in [-0.4, -0.2) is 41.1 Å². The van der Waals surface area contributed by atoms with E-state index in [0.717, 1.165) is 12.8 Å². The van der Waals surface area contributed by atoms with Crippen molar-refractivity contribution >= 4 is 12.0 Å². The van der Waals surface area contributed by atoms with Gasteiger partial charge in [0.05, 0.1) is 0 Å². The summed E-state index contributed by atoms with van der Waals surface area (Å²) >= 11 is 0. The third-order valence-corrected chi connectivity index (χ3v) is 2.83. The molecule has 0 saturated carbocycles. The first-order valence-electron chi connectivity index (χ1n) is 6.52. The van der Waals surface area contributed by atoms with Gasteiger partial charge >= 0.3 is 12.0 Å². The Morgan fingerprint density at radius 2 is 1.83 bits per heavy atom. The average Bonchev–Trinajstić information content (AvgIpc) is 2.24. The molecule has 0 fully saturated rings. The van der Waals surface area contributed by atoms with Crippen LogP contribution in [0.25, 0.3) is 0 Å². The topological polar surface area (TPSA) is 69.6 Å². The molecule has 0 aromatic carbocycles. The molecular formula is C13H26N2O3. The highest BCUT2D eigenvalue weighted by Gasteiger charge is 2.33. The lowest BCUT2D eigenvalue weighted by Gasteiger charge is -2.30. The Hall–Kier alpha value is -1.26. The first kappa shape index (κ1) is 16.7. The number of hydrogen-bond acceptors (Lipinski definition) is 2. The number of hydrogen-bond donors (Lipinski definition) is 2. The van der Waals surface area contributed by atoms with Crippen LogP contribution in [0.5, 0.6) is 0 Å². The van der Waals surface area contributed by atoms with E-state index in [9.17, 15) is 9.59 Å². The van der Waals surface area contributed by atoms with Crippen molar-refractivity contribution in [1.29, 1.82) is 0 Å². The number of rotatable bonds is 6. The van der Waals surface area contributed by atoms with Crippen molar-refractivity contribution in [3.05, 3.63) is 0 Å². The molecular weight excluding hydrogens is 232 g/mol. The lowest BCUT2D eigenvalue weighted by atomic mass is 9.87. The molecule has 0 aliphatic rings. The van der Waals surface area contributed by atoms with E-state index in [1.165, 1.54) is 0 Å². The zero-order valence-electron chi connectivity index (χ0n) is 12.1. The quantitative estimate of drug-likeness (QED) is 0.768. The maximum absolute atomic E-state index is 12.0. The largest absolute Gasteiger partial charge is 0.480 e. The minimum absolute atomic E-state index is 0.298. The highest BCUT2D eigenvalue weighted by Crippen LogP contribution is 2.19. The zero-order chi connectivity index (χ0) is 14.3. The van der Waals surface area contributed by atoms with Crippen LogP contribution >= 0.6 is 0 Å². The predicted octanol–water partition coefficient (Wildman–Crippen LogP) is 2.32. The summed E-state index contributed by atoms with van der Waals surface area (Å²) < 4.78 is 0. The number of nitrogens with zero attached hydrogens (tertiary/aromatic N) is 1. The highest BCUT2D eigenvalue weighted by atomic mass is 16.4. The van der Waals surface area contributed by atoms with Gasteiger partial charge in [-0.05, 0) is 18.8 Å². The van der Waals surface area contributed by atoms with Crippen molar-refractivity contribution in [2.24, 2.45) is 5.41 Å². The zero-order valence-corrected chi connectivity index (χ0v) is 12.1. The van der Waals surface area contributed by atoms with Crippen molar-refractivity contribution in [3.63, 3.8) is 0 Å². The fourth-order valence-corrected chi connectivity index (χ4v) is 1.62. The van der Waals surface area contributed by atoms with Crippen LogP contribution in [0, 0.1) is 5.41 Å². The van der Waals surface area contributed by atoms with Crippen molar-refractivity contribution < 1.29 is 14.7 Å². The van der Waals surface area contributed by atoms with Crippen LogP contribution in [0.2, 0.25) is 0 Å². The van der Waals surface area contributed by atoms with Gasteiger partial charge < -0.3 is 15.3 Å². The smallest absolute Gasteiger partial charge is 0.326 e. The van der Waals surface area contributed by atoms with Crippen LogP contribution in [0.3, 0.4) is 0 Å². The van der Waals surface area contributed by atoms with Gasteiger partial charge in [-0.25, -0.2) is 9.59 Å². The molecule has 0 saturated heterocycles. The second-order valence-corrected chi connectivity index (χ2v) is 5.52. The van der Waals surface area contributed by atoms with Crippen LogP contribution in [0.1, 0.15) is 47.5 Å². The molecule has 0 aromatic heterocycles. The fraction of sp³-hybridized carbons (Fsp3) is 0.846. The van der Waals surface area contributed by atoms with E-state index in [-0.39, 0.29) is 6.03 Å². The summed E-state index contributed by atoms with van der Waals surface area (Å²) in [5, 5.41) is 11.8. The molecule has 106 valence electrons. The number of carboxylic acids is 1. The molecule has 0 heterocycles. The number of amides is 2. The van der Waals surface area contributed by atoms with E-state index in [1.54, 1.807) is 25.7 Å². The second-order valence-electron chi connectivity index (χ2n) is 5.52. The molecule has 1 unspecified atom stereocenters. The summed E-state index contributed by atoms with van der Waals surface area (Å²) in [6.45, 7) is 10.6. The Morgan fingerprint density at radius 1 is 1.28 bits per heavy atom. The van der Waals surface area contributed by atoms with Gasteiger partial charge in [-0.2, -0.15) is 0 Å². The van der Waals surface area contributed by atoms with Crippen molar-refractivity contribution in [3.8, 4) is 0 Å². The summed E-state index contributed by atoms with van der Waals surface area (Å²) in [5.41, 5.74) is -0.508. The number of unbranched alkanes of at least 4 members (excludes halogenated alkanes) is 1. The molecule has 0 bridgehead atoms. The molecule has 0 radical (unpaired) electrons. The third-order valence-electron chi connectivity index (χ3n) is 2.83. The number of aliphatic carboxylic acids is 1. The fourth-order valence-electron chi connectivity index (χ4n) is 1.62. The standard InChI is InChI=1S/C13H26N2O3/c1-6-8-9-15(7-2)12(18)14-10(11(16)17)13(3,4)5/h10H,6-9H2,1-5H3,(H,14,18)(H,16,17). The minimum atomic E-state index is -0.998. The number of carbonyl (C=O) groups is 2. The normalized spacial score (nSPS) is 12.9. The van der Waals surface area contributed by atoms with Gasteiger partial charge in [0.2, 0.25) is 0 Å². The molecule has 5 nitrogen and oxygen atoms in total. The van der Waals surface area contributed by atoms with Crippen LogP contribution < -0.4 is 5.32 Å². The summed E-state index contributed by atoms with van der Waals surface area (Å²) in [7, 11) is 0. The van der Waals surface area contributed by atoms with E-state index < -0.39 is 17.4 Å². The molecule has 18 heavy (non-hydrogen) atoms. The Labute approximate surface area is 110 Å². The predicted molar refractivity (Wildman–Crippen MR) is 71.6 cm³/mol. The lowest BCUT2D eigenvalue weighted by Crippen LogP contribution is -2.53. The van der Waals surface area contributed by atoms with Crippen LogP contribution in [0.15, 0.2) is 0 Å². The Bertz CT molecular complexity index is 284. The number of nitrogens with one attached hydrogen (secondary N) is 1. The monoisotopic (exact) mass is 258 g/mol. The van der Waals surface area contributed by atoms with Crippen LogP contribution in [-0.2, 0) is 4.79 Å². The first-order valence-corrected chi connectivity index (χ1v) is 6.52. The molecule has 1 atom stereocenters. The maximum Gasteiger partial charge on any atom is 0.326 e. The highest BCUT2D eigenvalue weighted by molar-refractivity contribution is 5.83. The summed E-state index contributed by atoms with van der Waals surface area (Å²) in [6.07, 6.45) is 1.93. The van der Waals surface area contributed by atoms with Gasteiger partial charge in [-0.15, -0.1) is 0 Å². The van der Waals surface area contributed by atoms with Crippen molar-refractivity contribution in [2.75, 3.05) is 13.1 Å². The SMILES string of the molecule is CCCCN(CC)C(=O)NC(C(=O)O)C(C)(C)C. The van der Waals surface area contributed by atoms with Gasteiger partial charge in [0, 0.05) is 13.1 Å². The van der Waals surface area contributed by atoms with Gasteiger partial charge in [0.15, 0.2) is 0 Å². The Morgan fingerprint density at radius 3 is 2.17 bits per heavy atom. The molecule has 0 spiro atoms. The molecule has 2 N–H and O–H groups in total. The molecule has 0 rings (SSSR count). The third kappa shape index (κ3) is 5.38. The summed E-state index contributed by atoms with van der Waals surface area (Å²) in [4.78, 5) is 24.8. The molecule has 0 aromatic rings. The van der Waals surface area contributed by atoms with E-state index in [2.05, 4.69) is 12.2 Å². The van der Waals surface area contributed by atoms with Gasteiger partial charge in [-0.3, -0.25) is 0 Å². The van der Waals surface area contributed by atoms with Gasteiger partial charge in [-0.1, -0.05) is 34.1 Å². The van der Waals surface area contributed by atoms with Gasteiger partial charge in [0.25, 0.3) is 0 Å². The molecule has 2 amide bonds.